The van der Waals surface area contributed by atoms with Gasteiger partial charge in [0, 0.05) is 6.20 Å². The van der Waals surface area contributed by atoms with Crippen molar-refractivity contribution < 1.29 is 8.42 Å². The molecule has 1 atom stereocenters. The van der Waals surface area contributed by atoms with E-state index in [9.17, 15) is 8.42 Å². The summed E-state index contributed by atoms with van der Waals surface area (Å²) < 4.78 is 24.8. The summed E-state index contributed by atoms with van der Waals surface area (Å²) in [6, 6.07) is 5.08. The first-order valence-electron chi connectivity index (χ1n) is 4.02. The van der Waals surface area contributed by atoms with Gasteiger partial charge in [-0.15, -0.1) is 0 Å². The van der Waals surface area contributed by atoms with Crippen molar-refractivity contribution >= 4 is 26.0 Å². The molecule has 1 aromatic rings. The summed E-state index contributed by atoms with van der Waals surface area (Å²) in [5.41, 5.74) is 0.706. The van der Waals surface area contributed by atoms with Crippen molar-refractivity contribution in [3.05, 3.63) is 30.1 Å². The Morgan fingerprint density at radius 1 is 1.57 bits per heavy atom. The Kier molecular flexibility index (Phi) is 4.03. The monoisotopic (exact) mass is 278 g/mol. The molecule has 0 aromatic carbocycles. The molecule has 0 fully saturated rings. The predicted octanol–water partition coefficient (Wildman–Crippen LogP) is 1.41. The zero-order chi connectivity index (χ0) is 10.6. The number of halogens is 1. The van der Waals surface area contributed by atoms with E-state index in [0.717, 1.165) is 0 Å². The average Bonchev–Trinajstić information content (AvgIpc) is 2.19. The van der Waals surface area contributed by atoms with Crippen LogP contribution in [0.4, 0.5) is 0 Å². The molecule has 0 aliphatic heterocycles. The number of hydrogen-bond donors (Lipinski definition) is 1. The Morgan fingerprint density at radius 3 is 2.79 bits per heavy atom. The molecule has 0 spiro atoms. The topological polar surface area (TPSA) is 59.1 Å². The van der Waals surface area contributed by atoms with E-state index in [-0.39, 0.29) is 10.7 Å². The first-order valence-corrected chi connectivity index (χ1v) is 6.79. The van der Waals surface area contributed by atoms with Gasteiger partial charge in [0.25, 0.3) is 0 Å². The van der Waals surface area contributed by atoms with Crippen LogP contribution in [-0.4, -0.2) is 18.1 Å². The summed E-state index contributed by atoms with van der Waals surface area (Å²) in [5.74, 6) is 0. The van der Waals surface area contributed by atoms with E-state index < -0.39 is 10.0 Å². The van der Waals surface area contributed by atoms with E-state index in [1.54, 1.807) is 25.3 Å². The van der Waals surface area contributed by atoms with Crippen LogP contribution >= 0.6 is 15.9 Å². The lowest BCUT2D eigenvalue weighted by atomic mass is 10.2. The summed E-state index contributed by atoms with van der Waals surface area (Å²) in [4.78, 5) is 4.05. The molecule has 0 aliphatic carbocycles. The molecule has 78 valence electrons. The molecule has 0 unspecified atom stereocenters. The molecular weight excluding hydrogens is 268 g/mol. The lowest BCUT2D eigenvalue weighted by Crippen LogP contribution is -2.27. The SMILES string of the molecule is C[C@H](NS(=O)(=O)CBr)c1ccccn1. The lowest BCUT2D eigenvalue weighted by molar-refractivity contribution is 0.569. The van der Waals surface area contributed by atoms with Gasteiger partial charge in [-0.05, 0) is 19.1 Å². The number of nitrogens with one attached hydrogen (secondary N) is 1. The first-order chi connectivity index (χ1) is 6.55. The van der Waals surface area contributed by atoms with Gasteiger partial charge in [-0.3, -0.25) is 4.98 Å². The van der Waals surface area contributed by atoms with Crippen LogP contribution in [0.15, 0.2) is 24.4 Å². The normalized spacial score (nSPS) is 13.9. The second-order valence-corrected chi connectivity index (χ2v) is 5.87. The first kappa shape index (κ1) is 11.6. The van der Waals surface area contributed by atoms with Crippen LogP contribution in [0.2, 0.25) is 0 Å². The van der Waals surface area contributed by atoms with Gasteiger partial charge in [-0.1, -0.05) is 22.0 Å². The summed E-state index contributed by atoms with van der Waals surface area (Å²) in [5, 5.41) is 0. The second kappa shape index (κ2) is 4.86. The maximum Gasteiger partial charge on any atom is 0.222 e. The fourth-order valence-electron chi connectivity index (χ4n) is 0.993. The van der Waals surface area contributed by atoms with E-state index >= 15 is 0 Å². The highest BCUT2D eigenvalue weighted by Gasteiger charge is 2.14. The Bertz CT molecular complexity index is 380. The Hall–Kier alpha value is -0.460. The molecular formula is C8H11BrN2O2S. The molecule has 0 bridgehead atoms. The van der Waals surface area contributed by atoms with Crippen molar-refractivity contribution in [2.24, 2.45) is 0 Å². The maximum atomic E-state index is 11.2. The number of alkyl halides is 1. The number of nitrogens with zero attached hydrogens (tertiary/aromatic N) is 1. The quantitative estimate of drug-likeness (QED) is 0.848. The van der Waals surface area contributed by atoms with E-state index in [4.69, 9.17) is 0 Å². The molecule has 1 N–H and O–H groups in total. The number of rotatable bonds is 4. The second-order valence-electron chi connectivity index (χ2n) is 2.82. The van der Waals surface area contributed by atoms with Crippen molar-refractivity contribution in [2.75, 3.05) is 4.66 Å². The molecule has 14 heavy (non-hydrogen) atoms. The Labute approximate surface area is 91.9 Å². The van der Waals surface area contributed by atoms with E-state index in [0.29, 0.717) is 5.69 Å². The molecule has 0 amide bonds. The lowest BCUT2D eigenvalue weighted by Gasteiger charge is -2.11. The highest BCUT2D eigenvalue weighted by molar-refractivity contribution is 9.10. The molecule has 6 heteroatoms. The third kappa shape index (κ3) is 3.36. The molecule has 0 radical (unpaired) electrons. The third-order valence-electron chi connectivity index (χ3n) is 1.63. The van der Waals surface area contributed by atoms with Gasteiger partial charge in [-0.25, -0.2) is 13.1 Å². The molecule has 4 nitrogen and oxygen atoms in total. The molecule has 0 saturated carbocycles. The molecule has 1 aromatic heterocycles. The van der Waals surface area contributed by atoms with Crippen LogP contribution in [0.5, 0.6) is 0 Å². The molecule has 0 aliphatic rings. The van der Waals surface area contributed by atoms with E-state index in [1.165, 1.54) is 0 Å². The fraction of sp³-hybridized carbons (Fsp3) is 0.375. The molecule has 1 rings (SSSR count). The highest BCUT2D eigenvalue weighted by atomic mass is 79.9. The van der Waals surface area contributed by atoms with Crippen molar-refractivity contribution in [3.8, 4) is 0 Å². The van der Waals surface area contributed by atoms with Gasteiger partial charge in [0.15, 0.2) is 0 Å². The highest BCUT2D eigenvalue weighted by Crippen LogP contribution is 2.09. The van der Waals surface area contributed by atoms with Gasteiger partial charge in [-0.2, -0.15) is 0 Å². The van der Waals surface area contributed by atoms with Crippen LogP contribution < -0.4 is 4.72 Å². The molecule has 1 heterocycles. The van der Waals surface area contributed by atoms with E-state index in [2.05, 4.69) is 25.6 Å². The van der Waals surface area contributed by atoms with Gasteiger partial charge < -0.3 is 0 Å². The van der Waals surface area contributed by atoms with Crippen LogP contribution in [0.25, 0.3) is 0 Å². The van der Waals surface area contributed by atoms with Crippen molar-refractivity contribution in [1.29, 1.82) is 0 Å². The standard InChI is InChI=1S/C8H11BrN2O2S/c1-7(11-14(12,13)6-9)8-4-2-3-5-10-8/h2-5,7,11H,6H2,1H3/t7-/m0/s1. The van der Waals surface area contributed by atoms with Crippen LogP contribution in [0, 0.1) is 0 Å². The number of sulfonamides is 1. The van der Waals surface area contributed by atoms with Gasteiger partial charge in [0.2, 0.25) is 10.0 Å². The molecule has 0 saturated heterocycles. The Balaban J connectivity index is 2.74. The Morgan fingerprint density at radius 2 is 2.29 bits per heavy atom. The van der Waals surface area contributed by atoms with Crippen molar-refractivity contribution in [1.82, 2.24) is 9.71 Å². The van der Waals surface area contributed by atoms with Gasteiger partial charge in [0.05, 0.1) is 11.7 Å². The summed E-state index contributed by atoms with van der Waals surface area (Å²) in [7, 11) is -3.24. The largest absolute Gasteiger partial charge is 0.260 e. The summed E-state index contributed by atoms with van der Waals surface area (Å²) in [6.07, 6.45) is 1.63. The van der Waals surface area contributed by atoms with Crippen molar-refractivity contribution in [2.45, 2.75) is 13.0 Å². The van der Waals surface area contributed by atoms with Crippen LogP contribution in [0.1, 0.15) is 18.7 Å². The number of aromatic nitrogens is 1. The number of hydrogen-bond acceptors (Lipinski definition) is 3. The number of pyridine rings is 1. The summed E-state index contributed by atoms with van der Waals surface area (Å²) in [6.45, 7) is 1.75. The smallest absolute Gasteiger partial charge is 0.222 e. The van der Waals surface area contributed by atoms with Gasteiger partial charge in [0.1, 0.15) is 4.66 Å². The van der Waals surface area contributed by atoms with Crippen LogP contribution in [0.3, 0.4) is 0 Å². The van der Waals surface area contributed by atoms with Crippen molar-refractivity contribution in [3.63, 3.8) is 0 Å². The van der Waals surface area contributed by atoms with E-state index in [1.807, 2.05) is 6.07 Å². The fourth-order valence-corrected chi connectivity index (χ4v) is 2.11. The summed E-state index contributed by atoms with van der Waals surface area (Å²) >= 11 is 2.90. The predicted molar refractivity (Wildman–Crippen MR) is 58.5 cm³/mol. The zero-order valence-corrected chi connectivity index (χ0v) is 10.0. The third-order valence-corrected chi connectivity index (χ3v) is 4.44. The van der Waals surface area contributed by atoms with Crippen LogP contribution in [-0.2, 0) is 10.0 Å². The minimum Gasteiger partial charge on any atom is -0.260 e. The minimum atomic E-state index is -3.24. The zero-order valence-electron chi connectivity index (χ0n) is 7.64. The van der Waals surface area contributed by atoms with Gasteiger partial charge >= 0.3 is 0 Å². The maximum absolute atomic E-state index is 11.2. The minimum absolute atomic E-state index is 0.100. The average molecular weight is 279 g/mol.